The van der Waals surface area contributed by atoms with E-state index in [0.717, 1.165) is 69.3 Å². The molecular formula is C19H26N6. The molecule has 0 atom stereocenters. The van der Waals surface area contributed by atoms with E-state index in [1.807, 2.05) is 0 Å². The number of nitrogens with zero attached hydrogens (tertiary/aromatic N) is 6. The number of rotatable bonds is 3. The maximum Gasteiger partial charge on any atom is 0.227 e. The van der Waals surface area contributed by atoms with E-state index >= 15 is 0 Å². The van der Waals surface area contributed by atoms with Crippen LogP contribution in [0, 0.1) is 34.5 Å². The van der Waals surface area contributed by atoms with Crippen LogP contribution in [0.3, 0.4) is 0 Å². The summed E-state index contributed by atoms with van der Waals surface area (Å²) in [6.45, 7) is 7.75. The van der Waals surface area contributed by atoms with E-state index in [4.69, 9.17) is 20.5 Å². The molecule has 132 valence electrons. The lowest BCUT2D eigenvalue weighted by atomic mass is 9.98. The van der Waals surface area contributed by atoms with Crippen LogP contribution < -0.4 is 9.80 Å². The van der Waals surface area contributed by atoms with Crippen molar-refractivity contribution in [2.75, 3.05) is 36.0 Å². The monoisotopic (exact) mass is 338 g/mol. The number of nitriles is 2. The summed E-state index contributed by atoms with van der Waals surface area (Å²) in [4.78, 5) is 14.1. The second-order valence-corrected chi connectivity index (χ2v) is 7.39. The number of anilines is 2. The van der Waals surface area contributed by atoms with Gasteiger partial charge in [0.15, 0.2) is 0 Å². The SMILES string of the molecule is CC(C)c1cc(N2CCC(C#N)CC2)nc(N2CCC(C#N)CC2)n1. The Morgan fingerprint density at radius 1 is 0.920 bits per heavy atom. The number of aromatic nitrogens is 2. The fourth-order valence-corrected chi connectivity index (χ4v) is 3.49. The van der Waals surface area contributed by atoms with Crippen LogP contribution in [0.2, 0.25) is 0 Å². The smallest absolute Gasteiger partial charge is 0.227 e. The van der Waals surface area contributed by atoms with Crippen LogP contribution in [-0.4, -0.2) is 36.1 Å². The fourth-order valence-electron chi connectivity index (χ4n) is 3.49. The van der Waals surface area contributed by atoms with Crippen LogP contribution in [-0.2, 0) is 0 Å². The molecule has 0 N–H and O–H groups in total. The highest BCUT2D eigenvalue weighted by atomic mass is 15.3. The first-order valence-electron chi connectivity index (χ1n) is 9.28. The van der Waals surface area contributed by atoms with Crippen molar-refractivity contribution in [3.8, 4) is 12.1 Å². The van der Waals surface area contributed by atoms with E-state index in [9.17, 15) is 0 Å². The van der Waals surface area contributed by atoms with Gasteiger partial charge in [-0.15, -0.1) is 0 Å². The molecular weight excluding hydrogens is 312 g/mol. The molecule has 0 aromatic carbocycles. The highest BCUT2D eigenvalue weighted by Crippen LogP contribution is 2.28. The molecule has 2 fully saturated rings. The lowest BCUT2D eigenvalue weighted by Crippen LogP contribution is -2.37. The van der Waals surface area contributed by atoms with Gasteiger partial charge in [-0.1, -0.05) is 13.8 Å². The zero-order valence-corrected chi connectivity index (χ0v) is 15.1. The second-order valence-electron chi connectivity index (χ2n) is 7.39. The summed E-state index contributed by atoms with van der Waals surface area (Å²) in [6.07, 6.45) is 3.57. The van der Waals surface area contributed by atoms with Crippen molar-refractivity contribution in [1.29, 1.82) is 10.5 Å². The Kier molecular flexibility index (Phi) is 5.38. The molecule has 0 aliphatic carbocycles. The minimum atomic E-state index is 0.161. The van der Waals surface area contributed by atoms with E-state index in [1.54, 1.807) is 0 Å². The van der Waals surface area contributed by atoms with E-state index in [-0.39, 0.29) is 11.8 Å². The predicted octanol–water partition coefficient (Wildman–Crippen LogP) is 3.08. The van der Waals surface area contributed by atoms with Gasteiger partial charge in [-0.3, -0.25) is 0 Å². The zero-order chi connectivity index (χ0) is 17.8. The molecule has 0 amide bonds. The molecule has 2 aliphatic rings. The molecule has 6 nitrogen and oxygen atoms in total. The largest absolute Gasteiger partial charge is 0.356 e. The molecule has 3 heterocycles. The van der Waals surface area contributed by atoms with Gasteiger partial charge in [-0.05, 0) is 31.6 Å². The van der Waals surface area contributed by atoms with Crippen molar-refractivity contribution in [3.05, 3.63) is 11.8 Å². The van der Waals surface area contributed by atoms with Crippen LogP contribution in [0.4, 0.5) is 11.8 Å². The summed E-state index contributed by atoms with van der Waals surface area (Å²) in [5, 5.41) is 18.2. The lowest BCUT2D eigenvalue weighted by Gasteiger charge is -2.33. The first-order chi connectivity index (χ1) is 12.1. The Bertz CT molecular complexity index is 618. The van der Waals surface area contributed by atoms with Crippen molar-refractivity contribution in [1.82, 2.24) is 9.97 Å². The van der Waals surface area contributed by atoms with Crippen LogP contribution in [0.5, 0.6) is 0 Å². The molecule has 0 saturated carbocycles. The van der Waals surface area contributed by atoms with Crippen LogP contribution in [0.25, 0.3) is 0 Å². The maximum atomic E-state index is 9.10. The van der Waals surface area contributed by atoms with Crippen molar-refractivity contribution < 1.29 is 0 Å². The normalized spacial score (nSPS) is 19.7. The third-order valence-corrected chi connectivity index (χ3v) is 5.27. The predicted molar refractivity (Wildman–Crippen MR) is 97.2 cm³/mol. The zero-order valence-electron chi connectivity index (χ0n) is 15.1. The Balaban J connectivity index is 1.81. The second kappa shape index (κ2) is 7.70. The Morgan fingerprint density at radius 3 is 1.92 bits per heavy atom. The Hall–Kier alpha value is -2.34. The maximum absolute atomic E-state index is 9.10. The molecule has 1 aromatic rings. The highest BCUT2D eigenvalue weighted by molar-refractivity contribution is 5.47. The number of piperidine rings is 2. The molecule has 1 aromatic heterocycles. The third kappa shape index (κ3) is 4.02. The summed E-state index contributed by atoms with van der Waals surface area (Å²) in [6, 6.07) is 6.86. The Labute approximate surface area is 150 Å². The Morgan fingerprint density at radius 2 is 1.44 bits per heavy atom. The standard InChI is InChI=1S/C19H26N6/c1-14(2)17-11-18(24-7-3-15(12-20)4-8-24)23-19(22-17)25-9-5-16(13-21)6-10-25/h11,14-16H,3-10H2,1-2H3. The van der Waals surface area contributed by atoms with E-state index in [2.05, 4.69) is 41.9 Å². The molecule has 3 rings (SSSR count). The summed E-state index contributed by atoms with van der Waals surface area (Å²) in [5.74, 6) is 2.45. The minimum Gasteiger partial charge on any atom is -0.356 e. The van der Waals surface area contributed by atoms with Gasteiger partial charge in [0, 0.05) is 44.1 Å². The average molecular weight is 338 g/mol. The van der Waals surface area contributed by atoms with Gasteiger partial charge in [0.25, 0.3) is 0 Å². The van der Waals surface area contributed by atoms with Gasteiger partial charge >= 0.3 is 0 Å². The topological polar surface area (TPSA) is 79.8 Å². The minimum absolute atomic E-state index is 0.161. The van der Waals surface area contributed by atoms with Gasteiger partial charge in [-0.25, -0.2) is 4.98 Å². The number of hydrogen-bond acceptors (Lipinski definition) is 6. The van der Waals surface area contributed by atoms with Gasteiger partial charge in [0.1, 0.15) is 5.82 Å². The average Bonchev–Trinajstić information content (AvgIpc) is 2.67. The van der Waals surface area contributed by atoms with E-state index in [1.165, 1.54) is 0 Å². The van der Waals surface area contributed by atoms with Crippen molar-refractivity contribution >= 4 is 11.8 Å². The molecule has 0 radical (unpaired) electrons. The third-order valence-electron chi connectivity index (χ3n) is 5.27. The number of hydrogen-bond donors (Lipinski definition) is 0. The first kappa shape index (κ1) is 17.5. The highest BCUT2D eigenvalue weighted by Gasteiger charge is 2.24. The quantitative estimate of drug-likeness (QED) is 0.842. The summed E-state index contributed by atoms with van der Waals surface area (Å²) in [5.41, 5.74) is 1.06. The van der Waals surface area contributed by atoms with E-state index in [0.29, 0.717) is 5.92 Å². The summed E-state index contributed by atoms with van der Waals surface area (Å²) in [7, 11) is 0. The molecule has 0 bridgehead atoms. The van der Waals surface area contributed by atoms with Gasteiger partial charge in [0.05, 0.1) is 17.8 Å². The van der Waals surface area contributed by atoms with Crippen molar-refractivity contribution in [3.63, 3.8) is 0 Å². The molecule has 0 unspecified atom stereocenters. The molecule has 2 aliphatic heterocycles. The van der Waals surface area contributed by atoms with Crippen molar-refractivity contribution in [2.24, 2.45) is 11.8 Å². The molecule has 2 saturated heterocycles. The summed E-state index contributed by atoms with van der Waals surface area (Å²) >= 11 is 0. The lowest BCUT2D eigenvalue weighted by molar-refractivity contribution is 0.476. The van der Waals surface area contributed by atoms with Gasteiger partial charge in [-0.2, -0.15) is 15.5 Å². The van der Waals surface area contributed by atoms with Crippen LogP contribution in [0.15, 0.2) is 6.07 Å². The van der Waals surface area contributed by atoms with Gasteiger partial charge < -0.3 is 9.80 Å². The molecule has 6 heteroatoms. The van der Waals surface area contributed by atoms with Crippen LogP contribution in [0.1, 0.15) is 51.1 Å². The van der Waals surface area contributed by atoms with Crippen molar-refractivity contribution in [2.45, 2.75) is 45.4 Å². The van der Waals surface area contributed by atoms with Gasteiger partial charge in [0.2, 0.25) is 5.95 Å². The first-order valence-corrected chi connectivity index (χ1v) is 9.28. The van der Waals surface area contributed by atoms with E-state index < -0.39 is 0 Å². The molecule has 0 spiro atoms. The summed E-state index contributed by atoms with van der Waals surface area (Å²) < 4.78 is 0. The fraction of sp³-hybridized carbons (Fsp3) is 0.684. The van der Waals surface area contributed by atoms with Crippen LogP contribution >= 0.6 is 0 Å². The molecule has 25 heavy (non-hydrogen) atoms.